The second kappa shape index (κ2) is 12.6. The molecule has 0 amide bonds. The van der Waals surface area contributed by atoms with Crippen LogP contribution in [-0.4, -0.2) is 36.2 Å². The molecule has 37 heavy (non-hydrogen) atoms. The summed E-state index contributed by atoms with van der Waals surface area (Å²) >= 11 is 0. The Morgan fingerprint density at radius 2 is 1.03 bits per heavy atom. The van der Waals surface area contributed by atoms with Crippen LogP contribution in [-0.2, 0) is 10.8 Å². The summed E-state index contributed by atoms with van der Waals surface area (Å²) in [7, 11) is 0. The quantitative estimate of drug-likeness (QED) is 0.239. The summed E-state index contributed by atoms with van der Waals surface area (Å²) in [6.07, 6.45) is 4.17. The van der Waals surface area contributed by atoms with Gasteiger partial charge in [-0.15, -0.1) is 12.4 Å². The molecule has 4 aromatic rings. The van der Waals surface area contributed by atoms with E-state index in [4.69, 9.17) is 0 Å². The molecular weight excluding hydrogens is 474 g/mol. The smallest absolute Gasteiger partial charge is 0.0528 e. The molecule has 0 atom stereocenters. The van der Waals surface area contributed by atoms with Gasteiger partial charge in [0.15, 0.2) is 0 Å². The van der Waals surface area contributed by atoms with Crippen molar-refractivity contribution in [3.8, 4) is 0 Å². The number of aliphatic hydroxyl groups excluding tert-OH is 1. The summed E-state index contributed by atoms with van der Waals surface area (Å²) in [5.41, 5.74) is 5.06. The number of hydrogen-bond donors (Lipinski definition) is 1. The molecule has 1 aliphatic rings. The second-order valence-corrected chi connectivity index (χ2v) is 10.3. The average molecular weight is 512 g/mol. The van der Waals surface area contributed by atoms with Gasteiger partial charge in [-0.25, -0.2) is 0 Å². The third-order valence-electron chi connectivity index (χ3n) is 8.33. The Hall–Kier alpha value is -2.91. The Morgan fingerprint density at radius 1 is 0.622 bits per heavy atom. The largest absolute Gasteiger partial charge is 0.395 e. The first-order valence-electron chi connectivity index (χ1n) is 13.3. The fourth-order valence-electron chi connectivity index (χ4n) is 6.20. The van der Waals surface area contributed by atoms with E-state index in [9.17, 15) is 5.11 Å². The number of rotatable bonds is 9. The third kappa shape index (κ3) is 5.67. The zero-order valence-corrected chi connectivity index (χ0v) is 22.3. The molecule has 0 saturated carbocycles. The second-order valence-electron chi connectivity index (χ2n) is 10.3. The Kier molecular flexibility index (Phi) is 9.21. The van der Waals surface area contributed by atoms with Crippen molar-refractivity contribution < 1.29 is 5.11 Å². The highest BCUT2D eigenvalue weighted by atomic mass is 35.5. The maximum Gasteiger partial charge on any atom is 0.0528 e. The Morgan fingerprint density at radius 3 is 1.43 bits per heavy atom. The molecule has 4 aromatic carbocycles. The number of hydrogen-bond acceptors (Lipinski definition) is 2. The normalized spacial score (nSPS) is 15.6. The number of likely N-dealkylation sites (tertiary alicyclic amines) is 1. The van der Waals surface area contributed by atoms with Gasteiger partial charge in [-0.05, 0) is 67.6 Å². The molecule has 0 spiro atoms. The van der Waals surface area contributed by atoms with Crippen LogP contribution in [0.2, 0.25) is 0 Å². The van der Waals surface area contributed by atoms with Gasteiger partial charge in [-0.2, -0.15) is 0 Å². The SMILES string of the molecule is Cl.OCC1(c2ccccc2)CCN(CCCC(c2ccccc2)(c2ccccc2)c2ccccc2)CC1. The number of halogens is 1. The zero-order valence-electron chi connectivity index (χ0n) is 21.5. The topological polar surface area (TPSA) is 23.5 Å². The summed E-state index contributed by atoms with van der Waals surface area (Å²) < 4.78 is 0. The number of nitrogens with zero attached hydrogens (tertiary/aromatic N) is 1. The van der Waals surface area contributed by atoms with Crippen molar-refractivity contribution in [2.45, 2.75) is 36.5 Å². The van der Waals surface area contributed by atoms with Crippen LogP contribution in [0.1, 0.15) is 47.9 Å². The lowest BCUT2D eigenvalue weighted by Crippen LogP contribution is -2.45. The van der Waals surface area contributed by atoms with Gasteiger partial charge in [0.05, 0.1) is 6.61 Å². The summed E-state index contributed by atoms with van der Waals surface area (Å²) in [6.45, 7) is 3.36. The van der Waals surface area contributed by atoms with Crippen molar-refractivity contribution in [1.29, 1.82) is 0 Å². The maximum absolute atomic E-state index is 10.3. The van der Waals surface area contributed by atoms with Crippen molar-refractivity contribution in [1.82, 2.24) is 4.90 Å². The fourth-order valence-corrected chi connectivity index (χ4v) is 6.20. The highest BCUT2D eigenvalue weighted by Gasteiger charge is 2.37. The van der Waals surface area contributed by atoms with Crippen LogP contribution in [0, 0.1) is 0 Å². The van der Waals surface area contributed by atoms with Crippen LogP contribution in [0.15, 0.2) is 121 Å². The molecule has 0 radical (unpaired) electrons. The van der Waals surface area contributed by atoms with Crippen molar-refractivity contribution >= 4 is 12.4 Å². The molecule has 1 heterocycles. The van der Waals surface area contributed by atoms with Crippen molar-refractivity contribution in [2.24, 2.45) is 0 Å². The lowest BCUT2D eigenvalue weighted by Gasteiger charge is -2.42. The van der Waals surface area contributed by atoms with Gasteiger partial charge in [0.2, 0.25) is 0 Å². The minimum Gasteiger partial charge on any atom is -0.395 e. The van der Waals surface area contributed by atoms with Gasteiger partial charge in [-0.1, -0.05) is 121 Å². The lowest BCUT2D eigenvalue weighted by molar-refractivity contribution is 0.0995. The van der Waals surface area contributed by atoms with E-state index in [1.807, 2.05) is 0 Å². The molecule has 0 aliphatic carbocycles. The molecule has 1 aliphatic heterocycles. The standard InChI is InChI=1S/C34H37NO.ClH/c36-28-33(29-14-5-1-6-15-29)23-26-35(27-24-33)25-13-22-34(30-16-7-2-8-17-30,31-18-9-3-10-19-31)32-20-11-4-12-21-32;/h1-12,14-21,36H,13,22-28H2;1H. The molecule has 192 valence electrons. The molecule has 0 aromatic heterocycles. The zero-order chi connectivity index (χ0) is 24.7. The van der Waals surface area contributed by atoms with Gasteiger partial charge in [0.1, 0.15) is 0 Å². The predicted octanol–water partition coefficient (Wildman–Crippen LogP) is 7.25. The molecule has 5 rings (SSSR count). The predicted molar refractivity (Wildman–Crippen MR) is 157 cm³/mol. The van der Waals surface area contributed by atoms with Crippen LogP contribution in [0.5, 0.6) is 0 Å². The van der Waals surface area contributed by atoms with E-state index in [0.29, 0.717) is 0 Å². The van der Waals surface area contributed by atoms with Crippen molar-refractivity contribution in [3.63, 3.8) is 0 Å². The number of piperidine rings is 1. The van der Waals surface area contributed by atoms with E-state index >= 15 is 0 Å². The van der Waals surface area contributed by atoms with E-state index < -0.39 is 0 Å². The summed E-state index contributed by atoms with van der Waals surface area (Å²) in [5.74, 6) is 0. The molecule has 3 heteroatoms. The molecule has 0 bridgehead atoms. The molecular formula is C34H38ClNO. The lowest BCUT2D eigenvalue weighted by atomic mass is 9.66. The van der Waals surface area contributed by atoms with Crippen LogP contribution in [0.25, 0.3) is 0 Å². The third-order valence-corrected chi connectivity index (χ3v) is 8.33. The van der Waals surface area contributed by atoms with Crippen LogP contribution < -0.4 is 0 Å². The van der Waals surface area contributed by atoms with Crippen molar-refractivity contribution in [3.05, 3.63) is 144 Å². The van der Waals surface area contributed by atoms with E-state index in [0.717, 1.165) is 45.3 Å². The van der Waals surface area contributed by atoms with Gasteiger partial charge in [0.25, 0.3) is 0 Å². The first-order valence-corrected chi connectivity index (χ1v) is 13.3. The van der Waals surface area contributed by atoms with Gasteiger partial charge in [0, 0.05) is 10.8 Å². The van der Waals surface area contributed by atoms with Gasteiger partial charge < -0.3 is 10.0 Å². The van der Waals surface area contributed by atoms with E-state index in [2.05, 4.69) is 126 Å². The highest BCUT2D eigenvalue weighted by molar-refractivity contribution is 5.85. The fraction of sp³-hybridized carbons (Fsp3) is 0.294. The maximum atomic E-state index is 10.3. The molecule has 0 unspecified atom stereocenters. The summed E-state index contributed by atoms with van der Waals surface area (Å²) in [6, 6.07) is 43.7. The Bertz CT molecular complexity index is 1090. The Balaban J connectivity index is 0.00000320. The van der Waals surface area contributed by atoms with Crippen molar-refractivity contribution in [2.75, 3.05) is 26.2 Å². The highest BCUT2D eigenvalue weighted by Crippen LogP contribution is 2.43. The number of aliphatic hydroxyl groups is 1. The van der Waals surface area contributed by atoms with Gasteiger partial charge in [-0.3, -0.25) is 0 Å². The van der Waals surface area contributed by atoms with Crippen LogP contribution in [0.3, 0.4) is 0 Å². The van der Waals surface area contributed by atoms with E-state index in [1.165, 1.54) is 22.3 Å². The van der Waals surface area contributed by atoms with Crippen LogP contribution >= 0.6 is 12.4 Å². The molecule has 2 nitrogen and oxygen atoms in total. The van der Waals surface area contributed by atoms with Gasteiger partial charge >= 0.3 is 0 Å². The average Bonchev–Trinajstić information content (AvgIpc) is 2.98. The first kappa shape index (κ1) is 27.1. The molecule has 1 N–H and O–H groups in total. The molecule has 1 fully saturated rings. The minimum atomic E-state index is -0.182. The van der Waals surface area contributed by atoms with Crippen LogP contribution in [0.4, 0.5) is 0 Å². The van der Waals surface area contributed by atoms with E-state index in [-0.39, 0.29) is 29.8 Å². The number of benzene rings is 4. The Labute approximate surface area is 228 Å². The summed E-state index contributed by atoms with van der Waals surface area (Å²) in [4.78, 5) is 2.60. The molecule has 1 saturated heterocycles. The monoisotopic (exact) mass is 511 g/mol. The first-order chi connectivity index (χ1) is 17.8. The van der Waals surface area contributed by atoms with E-state index in [1.54, 1.807) is 0 Å². The summed E-state index contributed by atoms with van der Waals surface area (Å²) in [5, 5.41) is 10.3. The minimum absolute atomic E-state index is 0.